The fourth-order valence-corrected chi connectivity index (χ4v) is 4.04. The summed E-state index contributed by atoms with van der Waals surface area (Å²) in [7, 11) is 1.41. The van der Waals surface area contributed by atoms with Gasteiger partial charge in [-0.3, -0.25) is 14.6 Å². The van der Waals surface area contributed by atoms with Crippen LogP contribution in [-0.2, 0) is 25.5 Å². The van der Waals surface area contributed by atoms with Gasteiger partial charge in [-0.25, -0.2) is 9.80 Å². The number of hydrogen-bond acceptors (Lipinski definition) is 5. The second kappa shape index (κ2) is 8.73. The largest absolute Gasteiger partial charge is 0.461 e. The maximum Gasteiger partial charge on any atom is 0.331 e. The highest BCUT2D eigenvalue weighted by molar-refractivity contribution is 5.96. The smallest absolute Gasteiger partial charge is 0.331 e. The molecule has 0 bridgehead atoms. The van der Waals surface area contributed by atoms with E-state index >= 15 is 0 Å². The summed E-state index contributed by atoms with van der Waals surface area (Å²) in [5.41, 5.74) is 0.865. The SMILES string of the molecule is CCC1C(=O)N(C(Cc2ccccc2)C(=O)OC2CCCC2)N(C)C(=O)C1O. The molecule has 7 heteroatoms. The minimum Gasteiger partial charge on any atom is -0.461 e. The Bertz CT molecular complexity index is 717. The number of likely N-dealkylation sites (N-methyl/N-ethyl adjacent to an activating group) is 1. The molecule has 1 heterocycles. The van der Waals surface area contributed by atoms with Crippen LogP contribution in [0.3, 0.4) is 0 Å². The fraction of sp³-hybridized carbons (Fsp3) is 0.571. The zero-order valence-corrected chi connectivity index (χ0v) is 16.4. The average molecular weight is 388 g/mol. The van der Waals surface area contributed by atoms with Crippen molar-refractivity contribution >= 4 is 17.8 Å². The normalized spacial score (nSPS) is 24.5. The van der Waals surface area contributed by atoms with Gasteiger partial charge < -0.3 is 9.84 Å². The molecule has 1 aliphatic heterocycles. The lowest BCUT2D eigenvalue weighted by Crippen LogP contribution is -2.66. The highest BCUT2D eigenvalue weighted by Gasteiger charge is 2.48. The molecule has 2 fully saturated rings. The molecule has 7 nitrogen and oxygen atoms in total. The zero-order valence-electron chi connectivity index (χ0n) is 16.4. The number of esters is 1. The Balaban J connectivity index is 1.90. The molecule has 1 aliphatic carbocycles. The van der Waals surface area contributed by atoms with Gasteiger partial charge in [0, 0.05) is 13.5 Å². The number of carbonyl (C=O) groups excluding carboxylic acids is 3. The standard InChI is InChI=1S/C21H28N2O5/c1-3-16-18(24)20(26)22(2)23(19(16)25)17(13-14-9-5-4-6-10-14)21(27)28-15-11-7-8-12-15/h4-6,9-10,15-18,24H,3,7-8,11-13H2,1-2H3. The van der Waals surface area contributed by atoms with Crippen molar-refractivity contribution in [2.24, 2.45) is 5.92 Å². The molecule has 152 valence electrons. The van der Waals surface area contributed by atoms with Gasteiger partial charge in [0.1, 0.15) is 12.2 Å². The van der Waals surface area contributed by atoms with Crippen molar-refractivity contribution in [1.82, 2.24) is 10.0 Å². The Morgan fingerprint density at radius 3 is 2.43 bits per heavy atom. The van der Waals surface area contributed by atoms with Gasteiger partial charge in [0.25, 0.3) is 5.91 Å². The first-order chi connectivity index (χ1) is 13.4. The van der Waals surface area contributed by atoms with Crippen LogP contribution in [0.4, 0.5) is 0 Å². The molecule has 1 N–H and O–H groups in total. The third-order valence-electron chi connectivity index (χ3n) is 5.68. The maximum atomic E-state index is 13.1. The van der Waals surface area contributed by atoms with E-state index < -0.39 is 35.8 Å². The summed E-state index contributed by atoms with van der Waals surface area (Å²) in [4.78, 5) is 38.6. The topological polar surface area (TPSA) is 87.2 Å². The molecule has 3 rings (SSSR count). The summed E-state index contributed by atoms with van der Waals surface area (Å²) in [6.45, 7) is 1.74. The lowest BCUT2D eigenvalue weighted by atomic mass is 9.93. The number of hydrogen-bond donors (Lipinski definition) is 1. The Morgan fingerprint density at radius 1 is 1.18 bits per heavy atom. The number of aliphatic hydroxyl groups is 1. The molecule has 3 atom stereocenters. The molecule has 28 heavy (non-hydrogen) atoms. The van der Waals surface area contributed by atoms with Gasteiger partial charge in [0.15, 0.2) is 6.04 Å². The third kappa shape index (κ3) is 4.04. The molecule has 1 aromatic rings. The van der Waals surface area contributed by atoms with Gasteiger partial charge in [0.2, 0.25) is 5.91 Å². The lowest BCUT2D eigenvalue weighted by molar-refractivity contribution is -0.196. The number of rotatable bonds is 6. The number of aliphatic hydroxyl groups excluding tert-OH is 1. The first kappa shape index (κ1) is 20.3. The van der Waals surface area contributed by atoms with E-state index in [2.05, 4.69) is 0 Å². The molecule has 0 spiro atoms. The predicted octanol–water partition coefficient (Wildman–Crippen LogP) is 1.69. The summed E-state index contributed by atoms with van der Waals surface area (Å²) in [5.74, 6) is -2.38. The van der Waals surface area contributed by atoms with Crippen LogP contribution in [0, 0.1) is 5.92 Å². The van der Waals surface area contributed by atoms with Gasteiger partial charge in [-0.2, -0.15) is 0 Å². The van der Waals surface area contributed by atoms with Gasteiger partial charge >= 0.3 is 5.97 Å². The number of carbonyl (C=O) groups is 3. The van der Waals surface area contributed by atoms with E-state index in [0.29, 0.717) is 6.42 Å². The molecule has 2 aliphatic rings. The molecular weight excluding hydrogens is 360 g/mol. The monoisotopic (exact) mass is 388 g/mol. The number of amides is 2. The van der Waals surface area contributed by atoms with Gasteiger partial charge in [-0.1, -0.05) is 37.3 Å². The van der Waals surface area contributed by atoms with E-state index in [4.69, 9.17) is 4.74 Å². The second-order valence-corrected chi connectivity index (χ2v) is 7.55. The Labute approximate surface area is 165 Å². The molecule has 0 radical (unpaired) electrons. The Kier molecular flexibility index (Phi) is 6.34. The van der Waals surface area contributed by atoms with E-state index in [9.17, 15) is 19.5 Å². The number of nitrogens with zero attached hydrogens (tertiary/aromatic N) is 2. The Morgan fingerprint density at radius 2 is 1.82 bits per heavy atom. The fourth-order valence-electron chi connectivity index (χ4n) is 4.04. The van der Waals surface area contributed by atoms with Crippen LogP contribution < -0.4 is 0 Å². The van der Waals surface area contributed by atoms with Gasteiger partial charge in [-0.05, 0) is 37.7 Å². The third-order valence-corrected chi connectivity index (χ3v) is 5.68. The predicted molar refractivity (Wildman–Crippen MR) is 102 cm³/mol. The van der Waals surface area contributed by atoms with Crippen molar-refractivity contribution < 1.29 is 24.2 Å². The van der Waals surface area contributed by atoms with E-state index in [1.807, 2.05) is 30.3 Å². The highest BCUT2D eigenvalue weighted by atomic mass is 16.5. The summed E-state index contributed by atoms with van der Waals surface area (Å²) >= 11 is 0. The van der Waals surface area contributed by atoms with Gasteiger partial charge in [0.05, 0.1) is 5.92 Å². The average Bonchev–Trinajstić information content (AvgIpc) is 3.20. The van der Waals surface area contributed by atoms with Crippen molar-refractivity contribution in [3.63, 3.8) is 0 Å². The minimum atomic E-state index is -1.39. The lowest BCUT2D eigenvalue weighted by Gasteiger charge is -2.44. The number of hydrazine groups is 1. The summed E-state index contributed by atoms with van der Waals surface area (Å²) in [6, 6.07) is 8.39. The van der Waals surface area contributed by atoms with Crippen LogP contribution in [0.15, 0.2) is 30.3 Å². The minimum absolute atomic E-state index is 0.140. The van der Waals surface area contributed by atoms with E-state index in [1.54, 1.807) is 6.92 Å². The summed E-state index contributed by atoms with van der Waals surface area (Å²) in [5, 5.41) is 12.4. The molecule has 1 saturated heterocycles. The molecule has 3 unspecified atom stereocenters. The molecule has 1 aromatic carbocycles. The van der Waals surface area contributed by atoms with Crippen LogP contribution in [0.1, 0.15) is 44.6 Å². The van der Waals surface area contributed by atoms with Crippen LogP contribution >= 0.6 is 0 Å². The van der Waals surface area contributed by atoms with Crippen LogP contribution in [0.5, 0.6) is 0 Å². The van der Waals surface area contributed by atoms with Crippen molar-refractivity contribution in [1.29, 1.82) is 0 Å². The summed E-state index contributed by atoms with van der Waals surface area (Å²) < 4.78 is 5.69. The molecular formula is C21H28N2O5. The van der Waals surface area contributed by atoms with Crippen LogP contribution in [0.2, 0.25) is 0 Å². The van der Waals surface area contributed by atoms with E-state index in [1.165, 1.54) is 12.1 Å². The molecule has 1 saturated carbocycles. The van der Waals surface area contributed by atoms with E-state index in [-0.39, 0.29) is 12.5 Å². The Hall–Kier alpha value is -2.41. The quantitative estimate of drug-likeness (QED) is 0.750. The molecule has 0 aromatic heterocycles. The number of benzene rings is 1. The van der Waals surface area contributed by atoms with E-state index in [0.717, 1.165) is 36.3 Å². The van der Waals surface area contributed by atoms with Crippen LogP contribution in [0.25, 0.3) is 0 Å². The van der Waals surface area contributed by atoms with Gasteiger partial charge in [-0.15, -0.1) is 0 Å². The second-order valence-electron chi connectivity index (χ2n) is 7.55. The van der Waals surface area contributed by atoms with Crippen LogP contribution in [-0.4, -0.2) is 58.2 Å². The molecule has 2 amide bonds. The summed E-state index contributed by atoms with van der Waals surface area (Å²) in [6.07, 6.45) is 2.71. The first-order valence-electron chi connectivity index (χ1n) is 9.97. The first-order valence-corrected chi connectivity index (χ1v) is 9.97. The zero-order chi connectivity index (χ0) is 20.3. The maximum absolute atomic E-state index is 13.1. The van der Waals surface area contributed by atoms with Crippen molar-refractivity contribution in [3.8, 4) is 0 Å². The van der Waals surface area contributed by atoms with Crippen molar-refractivity contribution in [3.05, 3.63) is 35.9 Å². The highest BCUT2D eigenvalue weighted by Crippen LogP contribution is 2.27. The van der Waals surface area contributed by atoms with Crippen molar-refractivity contribution in [2.75, 3.05) is 7.05 Å². The number of ether oxygens (including phenoxy) is 1. The van der Waals surface area contributed by atoms with Crippen molar-refractivity contribution in [2.45, 2.75) is 63.7 Å².